The molecule has 4 aliphatic carbocycles. The van der Waals surface area contributed by atoms with Gasteiger partial charge in [-0.1, -0.05) is 42.0 Å². The van der Waals surface area contributed by atoms with Crippen LogP contribution in [0.2, 0.25) is 0 Å². The third-order valence-corrected chi connectivity index (χ3v) is 7.42. The highest BCUT2D eigenvalue weighted by molar-refractivity contribution is 6.09. The van der Waals surface area contributed by atoms with Crippen LogP contribution in [0, 0.1) is 42.4 Å². The average molecular weight is 407 g/mol. The van der Waals surface area contributed by atoms with E-state index in [9.17, 15) is 19.2 Å². The summed E-state index contributed by atoms with van der Waals surface area (Å²) in [6, 6.07) is 5.98. The lowest BCUT2D eigenvalue weighted by Gasteiger charge is -2.37. The molecule has 1 aliphatic heterocycles. The van der Waals surface area contributed by atoms with Crippen LogP contribution in [0.15, 0.2) is 36.4 Å². The number of benzene rings is 1. The highest BCUT2D eigenvalue weighted by Crippen LogP contribution is 2.65. The lowest BCUT2D eigenvalue weighted by atomic mass is 9.63. The number of Topliss-reactive ketones (excluding diaryl/α,β-unsaturated/α-hetero) is 1. The number of likely N-dealkylation sites (tertiary alicyclic amines) is 1. The molecule has 3 fully saturated rings. The molecule has 0 spiro atoms. The van der Waals surface area contributed by atoms with Crippen molar-refractivity contribution in [2.24, 2.45) is 35.5 Å². The molecular weight excluding hydrogens is 382 g/mol. The number of hydrogen-bond donors (Lipinski definition) is 0. The van der Waals surface area contributed by atoms with Crippen LogP contribution in [-0.4, -0.2) is 40.6 Å². The average Bonchev–Trinajstić information content (AvgIpc) is 3.51. The van der Waals surface area contributed by atoms with E-state index in [2.05, 4.69) is 12.2 Å². The van der Waals surface area contributed by atoms with Crippen LogP contribution in [0.5, 0.6) is 0 Å². The largest absolute Gasteiger partial charge is 0.453 e. The molecule has 1 aromatic rings. The van der Waals surface area contributed by atoms with Gasteiger partial charge in [0, 0.05) is 5.56 Å². The molecule has 0 N–H and O–H groups in total. The number of carbonyl (C=O) groups excluding carboxylic acids is 4. The van der Waals surface area contributed by atoms with Crippen LogP contribution >= 0.6 is 0 Å². The number of imide groups is 1. The molecule has 5 aliphatic rings. The third-order valence-electron chi connectivity index (χ3n) is 7.42. The maximum Gasteiger partial charge on any atom is 0.329 e. The molecule has 156 valence electrons. The van der Waals surface area contributed by atoms with E-state index >= 15 is 0 Å². The summed E-state index contributed by atoms with van der Waals surface area (Å²) in [7, 11) is 0. The highest BCUT2D eigenvalue weighted by Gasteiger charge is 2.67. The topological polar surface area (TPSA) is 80.8 Å². The molecule has 0 radical (unpaired) electrons. The molecule has 30 heavy (non-hydrogen) atoms. The summed E-state index contributed by atoms with van der Waals surface area (Å²) < 4.78 is 5.37. The van der Waals surface area contributed by atoms with E-state index in [-0.39, 0.29) is 41.3 Å². The summed E-state index contributed by atoms with van der Waals surface area (Å²) in [6.45, 7) is 4.94. The van der Waals surface area contributed by atoms with Gasteiger partial charge in [0.05, 0.1) is 11.8 Å². The van der Waals surface area contributed by atoms with Crippen molar-refractivity contribution in [2.75, 3.05) is 0 Å². The molecule has 1 saturated heterocycles. The first-order valence-electron chi connectivity index (χ1n) is 10.7. The third kappa shape index (κ3) is 2.69. The normalized spacial score (nSPS) is 35.0. The number of esters is 1. The van der Waals surface area contributed by atoms with Gasteiger partial charge in [-0.2, -0.15) is 0 Å². The van der Waals surface area contributed by atoms with Crippen LogP contribution in [0.1, 0.15) is 36.2 Å². The molecule has 6 nitrogen and oxygen atoms in total. The van der Waals surface area contributed by atoms with Gasteiger partial charge in [0.2, 0.25) is 17.6 Å². The molecule has 0 unspecified atom stereocenters. The van der Waals surface area contributed by atoms with Crippen LogP contribution < -0.4 is 0 Å². The van der Waals surface area contributed by atoms with E-state index in [1.165, 1.54) is 13.8 Å². The number of rotatable bonds is 5. The summed E-state index contributed by atoms with van der Waals surface area (Å²) in [5.41, 5.74) is 1.48. The Bertz CT molecular complexity index is 944. The van der Waals surface area contributed by atoms with Crippen LogP contribution in [0.4, 0.5) is 0 Å². The molecule has 2 saturated carbocycles. The number of hydrogen-bond acceptors (Lipinski definition) is 5. The Balaban J connectivity index is 1.29. The maximum atomic E-state index is 13.1. The highest BCUT2D eigenvalue weighted by atomic mass is 16.5. The lowest BCUT2D eigenvalue weighted by molar-refractivity contribution is -0.160. The Kier molecular flexibility index (Phi) is 4.24. The molecule has 2 amide bonds. The fourth-order valence-electron chi connectivity index (χ4n) is 5.75. The number of amides is 2. The molecule has 1 aromatic carbocycles. The molecule has 8 atom stereocenters. The van der Waals surface area contributed by atoms with Crippen LogP contribution in [0.25, 0.3) is 0 Å². The van der Waals surface area contributed by atoms with E-state index in [1.54, 1.807) is 12.1 Å². The molecule has 0 aromatic heterocycles. The van der Waals surface area contributed by atoms with Crippen molar-refractivity contribution in [2.45, 2.75) is 39.3 Å². The van der Waals surface area contributed by atoms with Gasteiger partial charge in [-0.25, -0.2) is 4.79 Å². The second kappa shape index (κ2) is 6.62. The summed E-state index contributed by atoms with van der Waals surface area (Å²) in [5, 5.41) is 0. The van der Waals surface area contributed by atoms with Crippen molar-refractivity contribution in [3.05, 3.63) is 47.5 Å². The van der Waals surface area contributed by atoms with Crippen molar-refractivity contribution >= 4 is 23.6 Å². The minimum atomic E-state index is -1.04. The summed E-state index contributed by atoms with van der Waals surface area (Å²) in [6.07, 6.45) is 4.29. The zero-order chi connectivity index (χ0) is 21.3. The smallest absolute Gasteiger partial charge is 0.329 e. The van der Waals surface area contributed by atoms with Gasteiger partial charge in [0.25, 0.3) is 0 Å². The second-order valence-electron chi connectivity index (χ2n) is 9.19. The molecule has 1 heterocycles. The molecule has 6 heteroatoms. The van der Waals surface area contributed by atoms with Gasteiger partial charge >= 0.3 is 5.97 Å². The van der Waals surface area contributed by atoms with Crippen LogP contribution in [0.3, 0.4) is 0 Å². The Morgan fingerprint density at radius 1 is 0.967 bits per heavy atom. The molecule has 2 bridgehead atoms. The number of nitrogens with zero attached hydrogens (tertiary/aromatic N) is 1. The summed E-state index contributed by atoms with van der Waals surface area (Å²) >= 11 is 0. The van der Waals surface area contributed by atoms with Crippen molar-refractivity contribution in [1.29, 1.82) is 0 Å². The van der Waals surface area contributed by atoms with Gasteiger partial charge < -0.3 is 4.74 Å². The number of ether oxygens (including phenoxy) is 1. The minimum absolute atomic E-state index is 0.108. The lowest BCUT2D eigenvalue weighted by Crippen LogP contribution is -2.46. The van der Waals surface area contributed by atoms with Crippen molar-refractivity contribution in [3.63, 3.8) is 0 Å². The van der Waals surface area contributed by atoms with E-state index in [0.717, 1.165) is 16.9 Å². The van der Waals surface area contributed by atoms with Gasteiger partial charge in [-0.15, -0.1) is 0 Å². The zero-order valence-electron chi connectivity index (χ0n) is 17.3. The van der Waals surface area contributed by atoms with Crippen molar-refractivity contribution in [3.8, 4) is 0 Å². The fourth-order valence-corrected chi connectivity index (χ4v) is 5.75. The Morgan fingerprint density at radius 3 is 2.03 bits per heavy atom. The monoisotopic (exact) mass is 407 g/mol. The molecular formula is C24H25NO5. The van der Waals surface area contributed by atoms with E-state index in [1.807, 2.05) is 19.1 Å². The predicted octanol–water partition coefficient (Wildman–Crippen LogP) is 2.55. The maximum absolute atomic E-state index is 13.1. The first kappa shape index (κ1) is 19.2. The second-order valence-corrected chi connectivity index (χ2v) is 9.19. The molecule has 6 rings (SSSR count). The number of ketones is 1. The van der Waals surface area contributed by atoms with Crippen LogP contribution in [-0.2, 0) is 19.1 Å². The van der Waals surface area contributed by atoms with Crippen molar-refractivity contribution < 1.29 is 23.9 Å². The number of aryl methyl sites for hydroxylation is 1. The van der Waals surface area contributed by atoms with Gasteiger partial charge in [0.15, 0.2) is 6.10 Å². The van der Waals surface area contributed by atoms with Gasteiger partial charge in [-0.05, 0) is 50.9 Å². The quantitative estimate of drug-likeness (QED) is 0.324. The minimum Gasteiger partial charge on any atom is -0.453 e. The van der Waals surface area contributed by atoms with Crippen molar-refractivity contribution in [1.82, 2.24) is 4.90 Å². The summed E-state index contributed by atoms with van der Waals surface area (Å²) in [4.78, 5) is 52.6. The SMILES string of the molecule is Cc1ccc(C(=O)[C@@H](C)OC(=O)[C@@H](C)N2C(=O)[C@@H]3[C@@H]4C=C[C@H]([C@H]5C[C@H]45)[C@@H]3C2=O)cc1. The van der Waals surface area contributed by atoms with E-state index in [4.69, 9.17) is 4.74 Å². The zero-order valence-corrected chi connectivity index (χ0v) is 17.3. The number of allylic oxidation sites excluding steroid dienone is 2. The van der Waals surface area contributed by atoms with Gasteiger partial charge in [0.1, 0.15) is 6.04 Å². The predicted molar refractivity (Wildman–Crippen MR) is 107 cm³/mol. The fraction of sp³-hybridized carbons (Fsp3) is 0.500. The number of carbonyl (C=O) groups is 4. The Morgan fingerprint density at radius 2 is 1.50 bits per heavy atom. The van der Waals surface area contributed by atoms with E-state index in [0.29, 0.717) is 17.4 Å². The standard InChI is InChI=1S/C24H25NO5/c1-11-4-6-14(7-5-11)21(26)13(3)30-24(29)12(2)25-22(27)19-15-8-9-16(18-10-17(15)18)20(19)23(25)28/h4-9,12-13,15-20H,10H2,1-3H3/t12-,13-,15-,16-,17-,18-,19-,20+/m1/s1. The first-order valence-corrected chi connectivity index (χ1v) is 10.7. The van der Waals surface area contributed by atoms with E-state index < -0.39 is 18.1 Å². The Labute approximate surface area is 175 Å². The first-order chi connectivity index (χ1) is 14.3. The summed E-state index contributed by atoms with van der Waals surface area (Å²) in [5.74, 6) is -1.04. The Hall–Kier alpha value is -2.76. The van der Waals surface area contributed by atoms with Gasteiger partial charge in [-0.3, -0.25) is 19.3 Å².